The standard InChI is InChI=1S/C9H13ClN2OS/c1-9(13)2-3-12(6-9)5-7-4-11-8(10)14-7/h4,13H,2-3,5-6H2,1H3. The predicted molar refractivity (Wildman–Crippen MR) is 57.6 cm³/mol. The van der Waals surface area contributed by atoms with Gasteiger partial charge < -0.3 is 5.11 Å². The molecule has 1 aromatic rings. The van der Waals surface area contributed by atoms with Crippen molar-refractivity contribution in [1.29, 1.82) is 0 Å². The maximum Gasteiger partial charge on any atom is 0.183 e. The van der Waals surface area contributed by atoms with E-state index in [-0.39, 0.29) is 0 Å². The lowest BCUT2D eigenvalue weighted by atomic mass is 10.1. The second-order valence-electron chi connectivity index (χ2n) is 4.04. The van der Waals surface area contributed by atoms with Gasteiger partial charge in [-0.15, -0.1) is 11.3 Å². The van der Waals surface area contributed by atoms with Crippen molar-refractivity contribution in [2.24, 2.45) is 0 Å². The smallest absolute Gasteiger partial charge is 0.183 e. The lowest BCUT2D eigenvalue weighted by Crippen LogP contribution is -2.29. The molecular formula is C9H13ClN2OS. The molecule has 0 bridgehead atoms. The summed E-state index contributed by atoms with van der Waals surface area (Å²) in [5.41, 5.74) is -0.519. The highest BCUT2D eigenvalue weighted by Crippen LogP contribution is 2.25. The summed E-state index contributed by atoms with van der Waals surface area (Å²) in [7, 11) is 0. The third kappa shape index (κ3) is 2.45. The van der Waals surface area contributed by atoms with Crippen LogP contribution in [0.5, 0.6) is 0 Å². The molecule has 0 aromatic carbocycles. The Balaban J connectivity index is 1.94. The van der Waals surface area contributed by atoms with Crippen LogP contribution in [0.15, 0.2) is 6.20 Å². The van der Waals surface area contributed by atoms with Crippen LogP contribution in [0.4, 0.5) is 0 Å². The van der Waals surface area contributed by atoms with Gasteiger partial charge in [-0.2, -0.15) is 0 Å². The molecule has 1 aromatic heterocycles. The molecule has 1 saturated heterocycles. The van der Waals surface area contributed by atoms with Crippen molar-refractivity contribution < 1.29 is 5.11 Å². The maximum atomic E-state index is 9.77. The Morgan fingerprint density at radius 3 is 3.07 bits per heavy atom. The summed E-state index contributed by atoms with van der Waals surface area (Å²) in [5, 5.41) is 9.77. The second kappa shape index (κ2) is 3.77. The van der Waals surface area contributed by atoms with E-state index < -0.39 is 5.60 Å². The Morgan fingerprint density at radius 1 is 1.79 bits per heavy atom. The molecular weight excluding hydrogens is 220 g/mol. The van der Waals surface area contributed by atoms with Crippen LogP contribution >= 0.6 is 22.9 Å². The van der Waals surface area contributed by atoms with Crippen molar-refractivity contribution in [3.8, 4) is 0 Å². The summed E-state index contributed by atoms with van der Waals surface area (Å²) in [5.74, 6) is 0. The summed E-state index contributed by atoms with van der Waals surface area (Å²) in [6.07, 6.45) is 2.65. The molecule has 0 spiro atoms. The van der Waals surface area contributed by atoms with Crippen LogP contribution in [0.1, 0.15) is 18.2 Å². The van der Waals surface area contributed by atoms with E-state index in [4.69, 9.17) is 11.6 Å². The molecule has 2 rings (SSSR count). The lowest BCUT2D eigenvalue weighted by Gasteiger charge is -2.17. The number of likely N-dealkylation sites (tertiary alicyclic amines) is 1. The second-order valence-corrected chi connectivity index (χ2v) is 5.73. The summed E-state index contributed by atoms with van der Waals surface area (Å²) < 4.78 is 0.589. The van der Waals surface area contributed by atoms with Crippen molar-refractivity contribution in [3.05, 3.63) is 15.5 Å². The van der Waals surface area contributed by atoms with Crippen molar-refractivity contribution in [1.82, 2.24) is 9.88 Å². The van der Waals surface area contributed by atoms with E-state index in [9.17, 15) is 5.11 Å². The molecule has 0 amide bonds. The molecule has 2 heterocycles. The van der Waals surface area contributed by atoms with Gasteiger partial charge in [-0.3, -0.25) is 4.90 Å². The third-order valence-corrected chi connectivity index (χ3v) is 3.54. The van der Waals surface area contributed by atoms with Gasteiger partial charge in [-0.05, 0) is 13.3 Å². The van der Waals surface area contributed by atoms with Crippen molar-refractivity contribution in [2.75, 3.05) is 13.1 Å². The van der Waals surface area contributed by atoms with Gasteiger partial charge in [0.05, 0.1) is 5.60 Å². The van der Waals surface area contributed by atoms with Crippen LogP contribution in [0, 0.1) is 0 Å². The van der Waals surface area contributed by atoms with E-state index in [1.807, 2.05) is 6.92 Å². The number of β-amino-alcohol motifs (C(OH)–C–C–N with tert-alkyl or cyclic N) is 1. The number of halogens is 1. The number of thiazole rings is 1. The fourth-order valence-corrected chi connectivity index (χ4v) is 2.77. The zero-order valence-electron chi connectivity index (χ0n) is 8.03. The summed E-state index contributed by atoms with van der Waals surface area (Å²) in [6, 6.07) is 0. The lowest BCUT2D eigenvalue weighted by molar-refractivity contribution is 0.0680. The molecule has 3 nitrogen and oxygen atoms in total. The first-order valence-electron chi connectivity index (χ1n) is 4.60. The number of aromatic nitrogens is 1. The molecule has 1 aliphatic heterocycles. The van der Waals surface area contributed by atoms with Crippen LogP contribution in [0.2, 0.25) is 4.47 Å². The minimum absolute atomic E-state index is 0.519. The Hall–Kier alpha value is -0.160. The molecule has 1 aliphatic rings. The molecule has 0 aliphatic carbocycles. The molecule has 1 fully saturated rings. The van der Waals surface area contributed by atoms with E-state index in [2.05, 4.69) is 9.88 Å². The molecule has 0 radical (unpaired) electrons. The Labute approximate surface area is 92.3 Å². The number of rotatable bonds is 2. The molecule has 0 saturated carbocycles. The van der Waals surface area contributed by atoms with Gasteiger partial charge in [-0.25, -0.2) is 4.98 Å². The molecule has 5 heteroatoms. The number of hydrogen-bond donors (Lipinski definition) is 1. The first kappa shape index (κ1) is 10.4. The molecule has 1 N–H and O–H groups in total. The Kier molecular flexibility index (Phi) is 2.79. The van der Waals surface area contributed by atoms with E-state index in [1.165, 1.54) is 11.3 Å². The van der Waals surface area contributed by atoms with Crippen LogP contribution < -0.4 is 0 Å². The zero-order valence-corrected chi connectivity index (χ0v) is 9.61. The fourth-order valence-electron chi connectivity index (χ4n) is 1.75. The topological polar surface area (TPSA) is 36.4 Å². The van der Waals surface area contributed by atoms with Crippen molar-refractivity contribution >= 4 is 22.9 Å². The van der Waals surface area contributed by atoms with Crippen LogP contribution in [0.25, 0.3) is 0 Å². The fraction of sp³-hybridized carbons (Fsp3) is 0.667. The van der Waals surface area contributed by atoms with Gasteiger partial charge in [0, 0.05) is 30.7 Å². The largest absolute Gasteiger partial charge is 0.389 e. The van der Waals surface area contributed by atoms with Gasteiger partial charge in [0.2, 0.25) is 0 Å². The van der Waals surface area contributed by atoms with Gasteiger partial charge in [-0.1, -0.05) is 11.6 Å². The average molecular weight is 233 g/mol. The first-order valence-corrected chi connectivity index (χ1v) is 5.80. The van der Waals surface area contributed by atoms with Gasteiger partial charge in [0.25, 0.3) is 0 Å². The third-order valence-electron chi connectivity index (χ3n) is 2.44. The normalized spacial score (nSPS) is 28.5. The van der Waals surface area contributed by atoms with Gasteiger partial charge in [0.1, 0.15) is 0 Å². The van der Waals surface area contributed by atoms with Crippen LogP contribution in [-0.2, 0) is 6.54 Å². The minimum atomic E-state index is -0.519. The zero-order chi connectivity index (χ0) is 10.2. The van der Waals surface area contributed by atoms with Crippen molar-refractivity contribution in [2.45, 2.75) is 25.5 Å². The molecule has 78 valence electrons. The summed E-state index contributed by atoms with van der Waals surface area (Å²) in [4.78, 5) is 7.38. The van der Waals surface area contributed by atoms with Crippen LogP contribution in [-0.4, -0.2) is 33.7 Å². The SMILES string of the molecule is CC1(O)CCN(Cc2cnc(Cl)s2)C1. The molecule has 14 heavy (non-hydrogen) atoms. The minimum Gasteiger partial charge on any atom is -0.389 e. The van der Waals surface area contributed by atoms with Gasteiger partial charge >= 0.3 is 0 Å². The van der Waals surface area contributed by atoms with E-state index in [0.29, 0.717) is 4.47 Å². The highest BCUT2D eigenvalue weighted by molar-refractivity contribution is 7.15. The Morgan fingerprint density at radius 2 is 2.57 bits per heavy atom. The highest BCUT2D eigenvalue weighted by atomic mass is 35.5. The maximum absolute atomic E-state index is 9.77. The van der Waals surface area contributed by atoms with E-state index >= 15 is 0 Å². The first-order chi connectivity index (χ1) is 6.55. The van der Waals surface area contributed by atoms with E-state index in [0.717, 1.165) is 30.9 Å². The van der Waals surface area contributed by atoms with Crippen LogP contribution in [0.3, 0.4) is 0 Å². The van der Waals surface area contributed by atoms with E-state index in [1.54, 1.807) is 6.20 Å². The predicted octanol–water partition coefficient (Wildman–Crippen LogP) is 1.75. The van der Waals surface area contributed by atoms with Crippen molar-refractivity contribution in [3.63, 3.8) is 0 Å². The van der Waals surface area contributed by atoms with Gasteiger partial charge in [0.15, 0.2) is 4.47 Å². The highest BCUT2D eigenvalue weighted by Gasteiger charge is 2.31. The number of hydrogen-bond acceptors (Lipinski definition) is 4. The monoisotopic (exact) mass is 232 g/mol. The molecule has 1 atom stereocenters. The average Bonchev–Trinajstić information content (AvgIpc) is 2.59. The Bertz CT molecular complexity index is 326. The molecule has 1 unspecified atom stereocenters. The quantitative estimate of drug-likeness (QED) is 0.844. The summed E-state index contributed by atoms with van der Waals surface area (Å²) in [6.45, 7) is 4.41. The number of aliphatic hydroxyl groups is 1. The number of nitrogens with zero attached hydrogens (tertiary/aromatic N) is 2. The summed E-state index contributed by atoms with van der Waals surface area (Å²) >= 11 is 7.25.